The number of alkyl halides is 3. The lowest BCUT2D eigenvalue weighted by Crippen LogP contribution is -2.42. The van der Waals surface area contributed by atoms with Gasteiger partial charge in [0, 0.05) is 48.9 Å². The minimum absolute atomic E-state index is 0.0216. The first-order valence-corrected chi connectivity index (χ1v) is 12.0. The van der Waals surface area contributed by atoms with Gasteiger partial charge in [0.25, 0.3) is 0 Å². The van der Waals surface area contributed by atoms with E-state index in [1.807, 2.05) is 17.0 Å². The van der Waals surface area contributed by atoms with E-state index in [0.717, 1.165) is 37.1 Å². The summed E-state index contributed by atoms with van der Waals surface area (Å²) in [6, 6.07) is 3.96. The van der Waals surface area contributed by atoms with Crippen molar-refractivity contribution in [2.24, 2.45) is 11.7 Å². The number of nitrogens with zero attached hydrogens (tertiary/aromatic N) is 1. The van der Waals surface area contributed by atoms with E-state index in [1.54, 1.807) is 18.2 Å². The molecule has 3 unspecified atom stereocenters. The van der Waals surface area contributed by atoms with Crippen LogP contribution in [-0.4, -0.2) is 61.2 Å². The van der Waals surface area contributed by atoms with Gasteiger partial charge in [0.1, 0.15) is 0 Å². The van der Waals surface area contributed by atoms with Crippen molar-refractivity contribution >= 4 is 17.5 Å². The molecule has 0 bridgehead atoms. The number of nitrogens with two attached hydrogens (primary N) is 1. The number of nitrogens with one attached hydrogen (secondary N) is 3. The number of carbonyl (C=O) groups is 2. The summed E-state index contributed by atoms with van der Waals surface area (Å²) in [4.78, 5) is 25.0. The Morgan fingerprint density at radius 3 is 2.71 bits per heavy atom. The average molecular weight is 492 g/mol. The predicted octanol–water partition coefficient (Wildman–Crippen LogP) is 2.41. The van der Waals surface area contributed by atoms with Gasteiger partial charge in [-0.15, -0.1) is 0 Å². The lowest BCUT2D eigenvalue weighted by molar-refractivity contribution is -0.122. The first-order chi connectivity index (χ1) is 16.6. The van der Waals surface area contributed by atoms with Crippen molar-refractivity contribution < 1.29 is 22.8 Å². The Bertz CT molecular complexity index is 1010. The highest BCUT2D eigenvalue weighted by molar-refractivity contribution is 5.80. The fourth-order valence-corrected chi connectivity index (χ4v) is 4.81. The first-order valence-electron chi connectivity index (χ1n) is 12.0. The van der Waals surface area contributed by atoms with Gasteiger partial charge >= 0.3 is 6.18 Å². The van der Waals surface area contributed by atoms with Crippen molar-refractivity contribution in [3.05, 3.63) is 53.6 Å². The highest BCUT2D eigenvalue weighted by Crippen LogP contribution is 2.40. The molecular weight excluding hydrogens is 459 g/mol. The van der Waals surface area contributed by atoms with E-state index < -0.39 is 17.8 Å². The normalized spacial score (nSPS) is 24.8. The molecule has 4 rings (SSSR count). The van der Waals surface area contributed by atoms with Crippen LogP contribution in [0.4, 0.5) is 18.9 Å². The van der Waals surface area contributed by atoms with Gasteiger partial charge in [0.15, 0.2) is 0 Å². The zero-order valence-corrected chi connectivity index (χ0v) is 19.5. The third-order valence-corrected chi connectivity index (χ3v) is 6.76. The van der Waals surface area contributed by atoms with Gasteiger partial charge in [0.05, 0.1) is 12.6 Å². The summed E-state index contributed by atoms with van der Waals surface area (Å²) in [5.74, 6) is -0.260. The number of amides is 2. The van der Waals surface area contributed by atoms with E-state index in [9.17, 15) is 22.8 Å². The largest absolute Gasteiger partial charge is 0.413 e. The average Bonchev–Trinajstić information content (AvgIpc) is 3.56. The molecule has 3 atom stereocenters. The maximum Gasteiger partial charge on any atom is 0.413 e. The number of halogens is 3. The number of benzene rings is 1. The van der Waals surface area contributed by atoms with Crippen molar-refractivity contribution in [3.8, 4) is 0 Å². The molecule has 1 aromatic carbocycles. The van der Waals surface area contributed by atoms with E-state index in [2.05, 4.69) is 22.5 Å². The minimum atomic E-state index is -4.54. The van der Waals surface area contributed by atoms with Crippen LogP contribution in [0.25, 0.3) is 0 Å². The van der Waals surface area contributed by atoms with Crippen molar-refractivity contribution in [3.63, 3.8) is 0 Å². The van der Waals surface area contributed by atoms with Gasteiger partial charge in [-0.25, -0.2) is 0 Å². The molecule has 0 radical (unpaired) electrons. The fourth-order valence-electron chi connectivity index (χ4n) is 4.81. The van der Waals surface area contributed by atoms with E-state index >= 15 is 0 Å². The van der Waals surface area contributed by atoms with Gasteiger partial charge in [-0.2, -0.15) is 13.2 Å². The Hall–Kier alpha value is -2.85. The number of carbonyl (C=O) groups excluding carboxylic acids is 2. The van der Waals surface area contributed by atoms with Crippen LogP contribution in [0.1, 0.15) is 36.4 Å². The summed E-state index contributed by atoms with van der Waals surface area (Å²) in [5, 5.41) is 9.40. The number of primary amides is 1. The molecule has 2 amide bonds. The van der Waals surface area contributed by atoms with Crippen LogP contribution in [0.3, 0.4) is 0 Å². The fraction of sp³-hybridized carbons (Fsp3) is 0.520. The van der Waals surface area contributed by atoms with Crippen molar-refractivity contribution in [1.82, 2.24) is 15.5 Å². The van der Waals surface area contributed by atoms with Crippen molar-refractivity contribution in [2.75, 3.05) is 31.5 Å². The van der Waals surface area contributed by atoms with Crippen LogP contribution in [-0.2, 0) is 16.0 Å². The molecule has 2 aliphatic heterocycles. The summed E-state index contributed by atoms with van der Waals surface area (Å²) in [6.45, 7) is 5.24. The Morgan fingerprint density at radius 1 is 1.26 bits per heavy atom. The summed E-state index contributed by atoms with van der Waals surface area (Å²) < 4.78 is 40.9. The molecule has 1 aliphatic carbocycles. The van der Waals surface area contributed by atoms with Crippen molar-refractivity contribution in [1.29, 1.82) is 0 Å². The summed E-state index contributed by atoms with van der Waals surface area (Å²) >= 11 is 0. The maximum absolute atomic E-state index is 13.6. The molecule has 7 nitrogen and oxygen atoms in total. The minimum Gasteiger partial charge on any atom is -0.381 e. The van der Waals surface area contributed by atoms with Gasteiger partial charge in [-0.05, 0) is 42.9 Å². The van der Waals surface area contributed by atoms with Gasteiger partial charge in [0.2, 0.25) is 11.8 Å². The predicted molar refractivity (Wildman–Crippen MR) is 128 cm³/mol. The number of anilines is 1. The maximum atomic E-state index is 13.6. The van der Waals surface area contributed by atoms with E-state index in [1.165, 1.54) is 0 Å². The number of rotatable bonds is 9. The molecule has 2 heterocycles. The van der Waals surface area contributed by atoms with Gasteiger partial charge in [-0.3, -0.25) is 19.8 Å². The lowest BCUT2D eigenvalue weighted by atomic mass is 9.85. The van der Waals surface area contributed by atoms with E-state index in [0.29, 0.717) is 25.1 Å². The van der Waals surface area contributed by atoms with Crippen LogP contribution < -0.4 is 21.7 Å². The molecule has 1 saturated carbocycles. The Kier molecular flexibility index (Phi) is 7.51. The molecule has 5 N–H and O–H groups in total. The number of hydrogen-bond donors (Lipinski definition) is 4. The van der Waals surface area contributed by atoms with E-state index in [-0.39, 0.29) is 36.4 Å². The summed E-state index contributed by atoms with van der Waals surface area (Å²) in [7, 11) is 0. The highest BCUT2D eigenvalue weighted by Gasteiger charge is 2.41. The molecular formula is C25H32F3N5O2. The Morgan fingerprint density at radius 2 is 2.03 bits per heavy atom. The Labute approximate surface area is 203 Å². The zero-order valence-electron chi connectivity index (χ0n) is 19.5. The van der Waals surface area contributed by atoms with Crippen molar-refractivity contribution in [2.45, 2.75) is 50.0 Å². The Balaban J connectivity index is 1.51. The molecule has 1 saturated heterocycles. The highest BCUT2D eigenvalue weighted by atomic mass is 19.4. The van der Waals surface area contributed by atoms with Crippen LogP contribution in [0.5, 0.6) is 0 Å². The van der Waals surface area contributed by atoms with Crippen LogP contribution >= 0.6 is 0 Å². The molecule has 1 aromatic rings. The molecule has 190 valence electrons. The topological polar surface area (TPSA) is 99.5 Å². The molecule has 2 fully saturated rings. The van der Waals surface area contributed by atoms with E-state index in [4.69, 9.17) is 5.73 Å². The summed E-state index contributed by atoms with van der Waals surface area (Å²) in [6.07, 6.45) is 2.17. The SMILES string of the molecule is C=C(C1NC(/C=C/CNC(=O)C2CC2)Cc2c(NC3CCN(CC(N)=O)C3)cccc21)C(F)(F)F. The zero-order chi connectivity index (χ0) is 25.2. The number of fused-ring (bicyclic) bond motifs is 1. The van der Waals surface area contributed by atoms with Crippen LogP contribution in [0.2, 0.25) is 0 Å². The third kappa shape index (κ3) is 6.43. The second-order valence-corrected chi connectivity index (χ2v) is 9.59. The molecule has 35 heavy (non-hydrogen) atoms. The second kappa shape index (κ2) is 10.4. The van der Waals surface area contributed by atoms with Gasteiger partial charge in [-0.1, -0.05) is 30.9 Å². The number of hydrogen-bond acceptors (Lipinski definition) is 5. The quantitative estimate of drug-likeness (QED) is 0.398. The molecule has 3 aliphatic rings. The van der Waals surface area contributed by atoms with Gasteiger partial charge < -0.3 is 16.4 Å². The standard InChI is InChI=1S/C25H32F3N5O2/c1-15(25(26,27)28)23-19-5-2-6-21(31-18-9-11-33(13-18)14-22(29)34)20(19)12-17(32-23)4-3-10-30-24(35)16-7-8-16/h2-6,16-18,23,31-32H,1,7-14H2,(H2,29,34)(H,30,35)/b4-3+. The first kappa shape index (κ1) is 25.2. The monoisotopic (exact) mass is 491 g/mol. The second-order valence-electron chi connectivity index (χ2n) is 9.59. The van der Waals surface area contributed by atoms with Crippen LogP contribution in [0.15, 0.2) is 42.5 Å². The summed E-state index contributed by atoms with van der Waals surface area (Å²) in [5.41, 5.74) is 6.61. The molecule has 10 heteroatoms. The third-order valence-electron chi connectivity index (χ3n) is 6.76. The smallest absolute Gasteiger partial charge is 0.381 e. The van der Waals surface area contributed by atoms with Crippen LogP contribution in [0, 0.1) is 5.92 Å². The number of likely N-dealkylation sites (tertiary alicyclic amines) is 1. The molecule has 0 spiro atoms. The molecule has 0 aromatic heterocycles. The lowest BCUT2D eigenvalue weighted by Gasteiger charge is -2.35.